The molecule has 0 radical (unpaired) electrons. The van der Waals surface area contributed by atoms with Gasteiger partial charge in [-0.25, -0.2) is 4.39 Å². The van der Waals surface area contributed by atoms with Crippen molar-refractivity contribution in [1.82, 2.24) is 4.90 Å². The predicted molar refractivity (Wildman–Crippen MR) is 59.9 cm³/mol. The molecule has 0 N–H and O–H groups in total. The Kier molecular flexibility index (Phi) is 4.37. The quantitative estimate of drug-likeness (QED) is 0.571. The Hall–Kier alpha value is -1.49. The Bertz CT molecular complexity index is 380. The molecule has 4 nitrogen and oxygen atoms in total. The minimum absolute atomic E-state index is 0.126. The molecule has 0 aliphatic heterocycles. The highest BCUT2D eigenvalue weighted by Crippen LogP contribution is 2.22. The molecule has 0 saturated heterocycles. The molecule has 16 heavy (non-hydrogen) atoms. The number of hydrogen-bond acceptors (Lipinski definition) is 3. The van der Waals surface area contributed by atoms with Crippen LogP contribution in [0.15, 0.2) is 18.2 Å². The number of nitro groups is 1. The van der Waals surface area contributed by atoms with Crippen molar-refractivity contribution in [3.8, 4) is 0 Å². The van der Waals surface area contributed by atoms with E-state index < -0.39 is 10.7 Å². The third kappa shape index (κ3) is 3.27. The van der Waals surface area contributed by atoms with E-state index in [2.05, 4.69) is 0 Å². The van der Waals surface area contributed by atoms with Gasteiger partial charge in [0.15, 0.2) is 0 Å². The molecule has 5 heteroatoms. The van der Waals surface area contributed by atoms with E-state index in [9.17, 15) is 14.5 Å². The first-order chi connectivity index (χ1) is 7.52. The van der Waals surface area contributed by atoms with Crippen molar-refractivity contribution in [2.24, 2.45) is 0 Å². The van der Waals surface area contributed by atoms with Gasteiger partial charge in [-0.2, -0.15) is 0 Å². The van der Waals surface area contributed by atoms with Crippen molar-refractivity contribution in [2.75, 3.05) is 20.6 Å². The fourth-order valence-electron chi connectivity index (χ4n) is 1.54. The molecule has 0 bridgehead atoms. The SMILES string of the molecule is CN(C)CCCc1c(F)cccc1[N+](=O)[O-]. The molecule has 1 aromatic rings. The molecule has 0 aliphatic rings. The van der Waals surface area contributed by atoms with Crippen LogP contribution < -0.4 is 0 Å². The Morgan fingerprint density at radius 1 is 1.44 bits per heavy atom. The molecule has 0 aliphatic carbocycles. The average molecular weight is 226 g/mol. The first-order valence-corrected chi connectivity index (χ1v) is 5.09. The van der Waals surface area contributed by atoms with Gasteiger partial charge in [-0.05, 0) is 39.5 Å². The molecule has 0 heterocycles. The highest BCUT2D eigenvalue weighted by atomic mass is 19.1. The Morgan fingerprint density at radius 2 is 2.12 bits per heavy atom. The average Bonchev–Trinajstić information content (AvgIpc) is 2.19. The third-order valence-corrected chi connectivity index (χ3v) is 2.32. The van der Waals surface area contributed by atoms with Crippen molar-refractivity contribution < 1.29 is 9.31 Å². The molecule has 0 saturated carbocycles. The van der Waals surface area contributed by atoms with E-state index in [1.165, 1.54) is 18.2 Å². The van der Waals surface area contributed by atoms with Gasteiger partial charge in [-0.15, -0.1) is 0 Å². The van der Waals surface area contributed by atoms with Gasteiger partial charge < -0.3 is 4.90 Å². The Balaban J connectivity index is 2.80. The minimum Gasteiger partial charge on any atom is -0.309 e. The maximum absolute atomic E-state index is 13.4. The van der Waals surface area contributed by atoms with Crippen LogP contribution in [0.3, 0.4) is 0 Å². The van der Waals surface area contributed by atoms with E-state index in [0.717, 1.165) is 6.54 Å². The summed E-state index contributed by atoms with van der Waals surface area (Å²) < 4.78 is 13.4. The van der Waals surface area contributed by atoms with E-state index in [1.54, 1.807) is 0 Å². The standard InChI is InChI=1S/C11H15FN2O2/c1-13(2)8-4-5-9-10(12)6-3-7-11(9)14(15)16/h3,6-7H,4-5,8H2,1-2H3. The summed E-state index contributed by atoms with van der Waals surface area (Å²) in [6.45, 7) is 0.783. The summed E-state index contributed by atoms with van der Waals surface area (Å²) in [4.78, 5) is 12.1. The van der Waals surface area contributed by atoms with E-state index >= 15 is 0 Å². The highest BCUT2D eigenvalue weighted by Gasteiger charge is 2.16. The maximum atomic E-state index is 13.4. The van der Waals surface area contributed by atoms with E-state index in [1.807, 2.05) is 19.0 Å². The van der Waals surface area contributed by atoms with E-state index in [0.29, 0.717) is 12.8 Å². The van der Waals surface area contributed by atoms with Gasteiger partial charge in [0.25, 0.3) is 5.69 Å². The Labute approximate surface area is 93.8 Å². The molecule has 1 aromatic carbocycles. The van der Waals surface area contributed by atoms with Crippen molar-refractivity contribution in [2.45, 2.75) is 12.8 Å². The van der Waals surface area contributed by atoms with Crippen LogP contribution in [0.2, 0.25) is 0 Å². The lowest BCUT2D eigenvalue weighted by Gasteiger charge is -2.09. The smallest absolute Gasteiger partial charge is 0.275 e. The van der Waals surface area contributed by atoms with Crippen molar-refractivity contribution in [3.05, 3.63) is 39.7 Å². The second kappa shape index (κ2) is 5.55. The van der Waals surface area contributed by atoms with Gasteiger partial charge in [0.05, 0.1) is 10.5 Å². The van der Waals surface area contributed by atoms with Crippen LogP contribution in [-0.4, -0.2) is 30.5 Å². The van der Waals surface area contributed by atoms with E-state index in [4.69, 9.17) is 0 Å². The number of nitro benzene ring substituents is 1. The maximum Gasteiger partial charge on any atom is 0.275 e. The van der Waals surface area contributed by atoms with Crippen LogP contribution in [0.4, 0.5) is 10.1 Å². The zero-order valence-electron chi connectivity index (χ0n) is 9.44. The molecule has 0 amide bonds. The van der Waals surface area contributed by atoms with Gasteiger partial charge in [-0.3, -0.25) is 10.1 Å². The fraction of sp³-hybridized carbons (Fsp3) is 0.455. The number of rotatable bonds is 5. The lowest BCUT2D eigenvalue weighted by atomic mass is 10.1. The molecule has 0 unspecified atom stereocenters. The topological polar surface area (TPSA) is 46.4 Å². The zero-order valence-corrected chi connectivity index (χ0v) is 9.44. The molecule has 1 rings (SSSR count). The van der Waals surface area contributed by atoms with Crippen LogP contribution in [0.25, 0.3) is 0 Å². The van der Waals surface area contributed by atoms with Crippen LogP contribution >= 0.6 is 0 Å². The summed E-state index contributed by atoms with van der Waals surface area (Å²) in [5.41, 5.74) is 0.0770. The number of halogens is 1. The molecule has 0 atom stereocenters. The molecular formula is C11H15FN2O2. The van der Waals surface area contributed by atoms with Crippen LogP contribution in [0.5, 0.6) is 0 Å². The van der Waals surface area contributed by atoms with Crippen LogP contribution in [0.1, 0.15) is 12.0 Å². The second-order valence-electron chi connectivity index (χ2n) is 3.90. The summed E-state index contributed by atoms with van der Waals surface area (Å²) in [6, 6.07) is 3.97. The molecule has 0 aromatic heterocycles. The van der Waals surface area contributed by atoms with Crippen molar-refractivity contribution in [3.63, 3.8) is 0 Å². The summed E-state index contributed by atoms with van der Waals surface area (Å²) in [5, 5.41) is 10.7. The van der Waals surface area contributed by atoms with Crippen molar-refractivity contribution in [1.29, 1.82) is 0 Å². The number of hydrogen-bond donors (Lipinski definition) is 0. The summed E-state index contributed by atoms with van der Waals surface area (Å²) in [5.74, 6) is -0.493. The summed E-state index contributed by atoms with van der Waals surface area (Å²) in [7, 11) is 3.82. The number of benzene rings is 1. The van der Waals surface area contributed by atoms with E-state index in [-0.39, 0.29) is 11.3 Å². The first kappa shape index (κ1) is 12.6. The highest BCUT2D eigenvalue weighted by molar-refractivity contribution is 5.40. The predicted octanol–water partition coefficient (Wildman–Crippen LogP) is 2.23. The molecular weight excluding hydrogens is 211 g/mol. The zero-order chi connectivity index (χ0) is 12.1. The van der Waals surface area contributed by atoms with Crippen LogP contribution in [-0.2, 0) is 6.42 Å². The lowest BCUT2D eigenvalue weighted by molar-refractivity contribution is -0.385. The largest absolute Gasteiger partial charge is 0.309 e. The minimum atomic E-state index is -0.534. The van der Waals surface area contributed by atoms with Gasteiger partial charge in [0, 0.05) is 6.07 Å². The van der Waals surface area contributed by atoms with Gasteiger partial charge in [-0.1, -0.05) is 6.07 Å². The first-order valence-electron chi connectivity index (χ1n) is 5.09. The molecule has 0 spiro atoms. The van der Waals surface area contributed by atoms with Crippen molar-refractivity contribution >= 4 is 5.69 Å². The van der Waals surface area contributed by atoms with Crippen LogP contribution in [0, 0.1) is 15.9 Å². The third-order valence-electron chi connectivity index (χ3n) is 2.32. The van der Waals surface area contributed by atoms with Gasteiger partial charge >= 0.3 is 0 Å². The summed E-state index contributed by atoms with van der Waals surface area (Å²) >= 11 is 0. The monoisotopic (exact) mass is 226 g/mol. The van der Waals surface area contributed by atoms with Gasteiger partial charge in [0.1, 0.15) is 5.82 Å². The lowest BCUT2D eigenvalue weighted by Crippen LogP contribution is -2.14. The van der Waals surface area contributed by atoms with Gasteiger partial charge in [0.2, 0.25) is 0 Å². The molecule has 0 fully saturated rings. The normalized spacial score (nSPS) is 10.8. The fourth-order valence-corrected chi connectivity index (χ4v) is 1.54. The number of nitrogens with zero attached hydrogens (tertiary/aromatic N) is 2. The molecule has 88 valence electrons. The summed E-state index contributed by atoms with van der Waals surface area (Å²) in [6.07, 6.45) is 1.09. The Morgan fingerprint density at radius 3 is 2.69 bits per heavy atom. The second-order valence-corrected chi connectivity index (χ2v) is 3.90.